The van der Waals surface area contributed by atoms with Crippen molar-refractivity contribution in [1.29, 1.82) is 0 Å². The topological polar surface area (TPSA) is 75.6 Å². The van der Waals surface area contributed by atoms with E-state index in [1.807, 2.05) is 12.1 Å². The molecule has 1 aromatic rings. The Kier molecular flexibility index (Phi) is 4.16. The van der Waals surface area contributed by atoms with Gasteiger partial charge in [-0.3, -0.25) is 4.79 Å². The highest BCUT2D eigenvalue weighted by molar-refractivity contribution is 5.89. The van der Waals surface area contributed by atoms with Crippen LogP contribution in [0.2, 0.25) is 0 Å². The van der Waals surface area contributed by atoms with Crippen LogP contribution in [0.3, 0.4) is 0 Å². The minimum atomic E-state index is -0.892. The first kappa shape index (κ1) is 15.0. The van der Waals surface area contributed by atoms with Gasteiger partial charge in [0.05, 0.1) is 12.2 Å². The smallest absolute Gasteiger partial charge is 0.335 e. The van der Waals surface area contributed by atoms with Gasteiger partial charge in [-0.25, -0.2) is 4.79 Å². The van der Waals surface area contributed by atoms with Crippen LogP contribution in [0.4, 0.5) is 0 Å². The maximum atomic E-state index is 12.1. The first-order valence-corrected chi connectivity index (χ1v) is 7.78. The lowest BCUT2D eigenvalue weighted by molar-refractivity contribution is -0.131. The van der Waals surface area contributed by atoms with Crippen molar-refractivity contribution in [2.24, 2.45) is 5.92 Å². The van der Waals surface area contributed by atoms with Crippen LogP contribution in [0.5, 0.6) is 0 Å². The zero-order valence-corrected chi connectivity index (χ0v) is 12.6. The number of carbonyl (C=O) groups excluding carboxylic acids is 1. The van der Waals surface area contributed by atoms with Gasteiger partial charge in [-0.05, 0) is 42.7 Å². The molecule has 2 unspecified atom stereocenters. The Bertz CT molecular complexity index is 580. The number of carboxylic acids is 1. The van der Waals surface area contributed by atoms with Gasteiger partial charge in [-0.2, -0.15) is 0 Å². The first-order chi connectivity index (χ1) is 10.5. The Labute approximate surface area is 129 Å². The lowest BCUT2D eigenvalue weighted by atomic mass is 9.74. The molecular formula is C17H21NO4. The van der Waals surface area contributed by atoms with Crippen LogP contribution < -0.4 is 5.32 Å². The minimum Gasteiger partial charge on any atom is -0.478 e. The molecule has 3 rings (SSSR count). The number of ether oxygens (including phenoxy) is 1. The molecule has 0 bridgehead atoms. The molecule has 0 radical (unpaired) electrons. The molecule has 22 heavy (non-hydrogen) atoms. The standard InChI is InChI=1S/C17H21NO4/c1-10-6-15(22-9-10)16(19)18-12-7-11(8-12)13-4-2-3-5-14(13)17(20)21/h2-5,10-12,15H,6-9H2,1H3,(H,18,19)(H,20,21). The molecule has 1 aromatic carbocycles. The highest BCUT2D eigenvalue weighted by Crippen LogP contribution is 2.38. The quantitative estimate of drug-likeness (QED) is 0.894. The molecule has 2 fully saturated rings. The van der Waals surface area contributed by atoms with E-state index in [0.717, 1.165) is 24.8 Å². The second-order valence-corrected chi connectivity index (χ2v) is 6.43. The fourth-order valence-electron chi connectivity index (χ4n) is 3.30. The number of aromatic carboxylic acids is 1. The van der Waals surface area contributed by atoms with Crippen molar-refractivity contribution in [3.63, 3.8) is 0 Å². The summed E-state index contributed by atoms with van der Waals surface area (Å²) in [7, 11) is 0. The summed E-state index contributed by atoms with van der Waals surface area (Å²) in [5.41, 5.74) is 1.23. The molecular weight excluding hydrogens is 282 g/mol. The molecule has 1 aliphatic carbocycles. The van der Waals surface area contributed by atoms with Crippen molar-refractivity contribution in [3.05, 3.63) is 35.4 Å². The maximum absolute atomic E-state index is 12.1. The van der Waals surface area contributed by atoms with E-state index in [1.165, 1.54) is 0 Å². The summed E-state index contributed by atoms with van der Waals surface area (Å²) >= 11 is 0. The normalized spacial score (nSPS) is 30.6. The highest BCUT2D eigenvalue weighted by Gasteiger charge is 2.36. The van der Waals surface area contributed by atoms with Crippen molar-refractivity contribution in [2.75, 3.05) is 6.61 Å². The van der Waals surface area contributed by atoms with Crippen molar-refractivity contribution in [3.8, 4) is 0 Å². The fraction of sp³-hybridized carbons (Fsp3) is 0.529. The second kappa shape index (κ2) is 6.08. The van der Waals surface area contributed by atoms with Crippen LogP contribution in [0.15, 0.2) is 24.3 Å². The van der Waals surface area contributed by atoms with Gasteiger partial charge in [0, 0.05) is 6.04 Å². The van der Waals surface area contributed by atoms with E-state index in [1.54, 1.807) is 12.1 Å². The third kappa shape index (κ3) is 2.99. The zero-order chi connectivity index (χ0) is 15.7. The Morgan fingerprint density at radius 3 is 2.59 bits per heavy atom. The zero-order valence-electron chi connectivity index (χ0n) is 12.6. The van der Waals surface area contributed by atoms with Gasteiger partial charge >= 0.3 is 5.97 Å². The Morgan fingerprint density at radius 2 is 1.95 bits per heavy atom. The van der Waals surface area contributed by atoms with E-state index in [4.69, 9.17) is 4.74 Å². The highest BCUT2D eigenvalue weighted by atomic mass is 16.5. The van der Waals surface area contributed by atoms with Gasteiger partial charge in [0.1, 0.15) is 6.10 Å². The average molecular weight is 303 g/mol. The molecule has 5 nitrogen and oxygen atoms in total. The summed E-state index contributed by atoms with van der Waals surface area (Å²) in [6.07, 6.45) is 2.04. The van der Waals surface area contributed by atoms with Crippen LogP contribution in [0, 0.1) is 5.92 Å². The van der Waals surface area contributed by atoms with Crippen molar-refractivity contribution in [1.82, 2.24) is 5.32 Å². The van der Waals surface area contributed by atoms with Crippen LogP contribution in [-0.2, 0) is 9.53 Å². The number of hydrogen-bond acceptors (Lipinski definition) is 3. The molecule has 2 aliphatic rings. The lowest BCUT2D eigenvalue weighted by Crippen LogP contribution is -2.47. The number of benzene rings is 1. The number of carboxylic acid groups (broad SMARTS) is 1. The predicted molar refractivity (Wildman–Crippen MR) is 80.8 cm³/mol. The Hall–Kier alpha value is -1.88. The number of nitrogens with one attached hydrogen (secondary N) is 1. The van der Waals surface area contributed by atoms with E-state index in [2.05, 4.69) is 12.2 Å². The molecule has 118 valence electrons. The Balaban J connectivity index is 1.54. The molecule has 1 heterocycles. The minimum absolute atomic E-state index is 0.0284. The van der Waals surface area contributed by atoms with E-state index < -0.39 is 5.97 Å². The van der Waals surface area contributed by atoms with Crippen LogP contribution in [0.1, 0.15) is 48.0 Å². The van der Waals surface area contributed by atoms with Gasteiger partial charge in [0.15, 0.2) is 0 Å². The van der Waals surface area contributed by atoms with Gasteiger partial charge < -0.3 is 15.2 Å². The largest absolute Gasteiger partial charge is 0.478 e. The van der Waals surface area contributed by atoms with E-state index in [9.17, 15) is 14.7 Å². The molecule has 2 N–H and O–H groups in total. The fourth-order valence-corrected chi connectivity index (χ4v) is 3.30. The monoisotopic (exact) mass is 303 g/mol. The van der Waals surface area contributed by atoms with Crippen LogP contribution >= 0.6 is 0 Å². The predicted octanol–water partition coefficient (Wildman–Crippen LogP) is 2.17. The summed E-state index contributed by atoms with van der Waals surface area (Å²) < 4.78 is 5.47. The maximum Gasteiger partial charge on any atom is 0.335 e. The lowest BCUT2D eigenvalue weighted by Gasteiger charge is -2.37. The summed E-state index contributed by atoms with van der Waals surface area (Å²) in [5, 5.41) is 12.2. The average Bonchev–Trinajstić information content (AvgIpc) is 2.89. The number of rotatable bonds is 4. The summed E-state index contributed by atoms with van der Waals surface area (Å²) in [6.45, 7) is 2.73. The molecule has 0 spiro atoms. The molecule has 2 atom stereocenters. The van der Waals surface area contributed by atoms with E-state index in [0.29, 0.717) is 18.1 Å². The summed E-state index contributed by atoms with van der Waals surface area (Å²) in [6, 6.07) is 7.23. The van der Waals surface area contributed by atoms with Crippen molar-refractivity contribution in [2.45, 2.75) is 44.2 Å². The van der Waals surface area contributed by atoms with Gasteiger partial charge in [-0.15, -0.1) is 0 Å². The molecule has 5 heteroatoms. The molecule has 0 aromatic heterocycles. The third-order valence-electron chi connectivity index (χ3n) is 4.61. The van der Waals surface area contributed by atoms with E-state index in [-0.39, 0.29) is 24.0 Å². The summed E-state index contributed by atoms with van der Waals surface area (Å²) in [5.74, 6) is -0.274. The molecule has 1 saturated heterocycles. The second-order valence-electron chi connectivity index (χ2n) is 6.43. The van der Waals surface area contributed by atoms with Crippen LogP contribution in [0.25, 0.3) is 0 Å². The molecule has 1 amide bonds. The number of hydrogen-bond donors (Lipinski definition) is 2. The SMILES string of the molecule is CC1COC(C(=O)NC2CC(c3ccccc3C(=O)O)C2)C1. The number of carbonyl (C=O) groups is 2. The molecule has 1 aliphatic heterocycles. The van der Waals surface area contributed by atoms with Crippen molar-refractivity contribution >= 4 is 11.9 Å². The van der Waals surface area contributed by atoms with Gasteiger partial charge in [0.2, 0.25) is 5.91 Å². The van der Waals surface area contributed by atoms with Crippen molar-refractivity contribution < 1.29 is 19.4 Å². The summed E-state index contributed by atoms with van der Waals surface area (Å²) in [4.78, 5) is 23.3. The van der Waals surface area contributed by atoms with Crippen LogP contribution in [-0.4, -0.2) is 35.7 Å². The van der Waals surface area contributed by atoms with Gasteiger partial charge in [0.25, 0.3) is 0 Å². The Morgan fingerprint density at radius 1 is 1.23 bits per heavy atom. The molecule has 1 saturated carbocycles. The number of amides is 1. The third-order valence-corrected chi connectivity index (χ3v) is 4.61. The van der Waals surface area contributed by atoms with E-state index >= 15 is 0 Å². The van der Waals surface area contributed by atoms with Gasteiger partial charge in [-0.1, -0.05) is 25.1 Å². The first-order valence-electron chi connectivity index (χ1n) is 7.78.